The first-order valence-corrected chi connectivity index (χ1v) is 6.87. The minimum atomic E-state index is 0.564. The van der Waals surface area contributed by atoms with Gasteiger partial charge in [0.25, 0.3) is 0 Å². The molecule has 0 heterocycles. The van der Waals surface area contributed by atoms with Crippen molar-refractivity contribution in [2.45, 2.75) is 13.8 Å². The minimum absolute atomic E-state index is 0.564. The maximum absolute atomic E-state index is 5.99. The summed E-state index contributed by atoms with van der Waals surface area (Å²) >= 11 is 0. The lowest BCUT2D eigenvalue weighted by molar-refractivity contribution is -0.748. The average Bonchev–Trinajstić information content (AvgIpc) is 2.53. The molecule has 1 N–H and O–H groups in total. The normalized spacial score (nSPS) is 12.1. The summed E-state index contributed by atoms with van der Waals surface area (Å²) in [5.41, 5.74) is 3.14. The van der Waals surface area contributed by atoms with Gasteiger partial charge in [0, 0.05) is 10.7 Å². The Hall–Kier alpha value is -2.55. The molecule has 0 spiro atoms. The van der Waals surface area contributed by atoms with Gasteiger partial charge in [-0.15, -0.1) is 0 Å². The zero-order valence-corrected chi connectivity index (χ0v) is 12.6. The van der Waals surface area contributed by atoms with Gasteiger partial charge < -0.3 is 4.74 Å². The largest absolute Gasteiger partial charge is 0.421 e. The van der Waals surface area contributed by atoms with E-state index in [4.69, 9.17) is 9.57 Å². The molecule has 2 aromatic rings. The summed E-state index contributed by atoms with van der Waals surface area (Å²) in [6, 6.07) is 18.0. The maximum Gasteiger partial charge on any atom is 0.421 e. The zero-order valence-electron chi connectivity index (χ0n) is 12.6. The molecule has 0 amide bonds. The van der Waals surface area contributed by atoms with Crippen molar-refractivity contribution in [3.63, 3.8) is 0 Å². The number of hydrogen-bond donors (Lipinski definition) is 1. The molecule has 21 heavy (non-hydrogen) atoms. The lowest BCUT2D eigenvalue weighted by Gasteiger charge is -2.08. The molecular formula is C18H20NO2+. The molecule has 0 aromatic heterocycles. The number of nitrogens with one attached hydrogen (secondary N) is 1. The third-order valence-electron chi connectivity index (χ3n) is 3.04. The fraction of sp³-hybridized carbons (Fsp3) is 0.167. The maximum atomic E-state index is 5.99. The lowest BCUT2D eigenvalue weighted by atomic mass is 10.1. The van der Waals surface area contributed by atoms with Crippen LogP contribution >= 0.6 is 0 Å². The van der Waals surface area contributed by atoms with Crippen molar-refractivity contribution in [3.8, 4) is 0 Å². The highest BCUT2D eigenvalue weighted by Crippen LogP contribution is 2.17. The minimum Gasteiger partial charge on any atom is -0.402 e. The van der Waals surface area contributed by atoms with Crippen LogP contribution in [0.5, 0.6) is 0 Å². The molecule has 0 saturated heterocycles. The molecule has 0 aliphatic heterocycles. The highest BCUT2D eigenvalue weighted by Gasteiger charge is 2.16. The van der Waals surface area contributed by atoms with Gasteiger partial charge in [-0.1, -0.05) is 48.0 Å². The summed E-state index contributed by atoms with van der Waals surface area (Å²) in [5, 5.41) is 2.81. The second kappa shape index (κ2) is 7.29. The van der Waals surface area contributed by atoms with Crippen molar-refractivity contribution in [2.24, 2.45) is 0 Å². The van der Waals surface area contributed by atoms with Crippen molar-refractivity contribution in [1.29, 1.82) is 0 Å². The second-order valence-corrected chi connectivity index (χ2v) is 4.62. The van der Waals surface area contributed by atoms with Crippen molar-refractivity contribution in [3.05, 3.63) is 77.4 Å². The molecular weight excluding hydrogens is 262 g/mol. The molecule has 0 saturated carbocycles. The molecule has 0 aliphatic carbocycles. The molecule has 0 bridgehead atoms. The van der Waals surface area contributed by atoms with E-state index in [-0.39, 0.29) is 0 Å². The Bertz CT molecular complexity index is 628. The smallest absolute Gasteiger partial charge is 0.402 e. The number of allylic oxidation sites excluding steroid dienone is 1. The van der Waals surface area contributed by atoms with E-state index in [1.54, 1.807) is 7.11 Å². The van der Waals surface area contributed by atoms with Gasteiger partial charge in [-0.25, -0.2) is 0 Å². The number of aryl methyl sites for hydroxylation is 1. The van der Waals surface area contributed by atoms with Crippen LogP contribution in [0.1, 0.15) is 23.6 Å². The SMILES string of the molecule is C/C=C(/O/C(=[NH+]/OC)c1ccc(C)cc1)c1ccccc1. The molecule has 0 fully saturated rings. The Labute approximate surface area is 125 Å². The molecule has 0 atom stereocenters. The van der Waals surface area contributed by atoms with Gasteiger partial charge in [-0.2, -0.15) is 0 Å². The molecule has 2 aromatic carbocycles. The van der Waals surface area contributed by atoms with Crippen molar-refractivity contribution < 1.29 is 14.7 Å². The standard InChI is InChI=1S/C18H19NO2/c1-4-17(15-8-6-5-7-9-15)21-18(19-20-3)16-12-10-14(2)11-13-16/h4-13H,1-3H3/p+1/b17-4+,19-18+. The van der Waals surface area contributed by atoms with Crippen LogP contribution in [0.25, 0.3) is 5.76 Å². The van der Waals surface area contributed by atoms with Gasteiger partial charge in [0.05, 0.1) is 5.56 Å². The summed E-state index contributed by atoms with van der Waals surface area (Å²) < 4.78 is 5.99. The molecule has 0 aliphatic rings. The fourth-order valence-corrected chi connectivity index (χ4v) is 1.93. The second-order valence-electron chi connectivity index (χ2n) is 4.62. The van der Waals surface area contributed by atoms with Gasteiger partial charge in [0.1, 0.15) is 12.9 Å². The zero-order chi connectivity index (χ0) is 15.1. The first-order chi connectivity index (χ1) is 10.2. The highest BCUT2D eigenvalue weighted by atomic mass is 16.6. The van der Waals surface area contributed by atoms with Gasteiger partial charge in [0.2, 0.25) is 0 Å². The molecule has 0 unspecified atom stereocenters. The molecule has 108 valence electrons. The Morgan fingerprint density at radius 1 is 0.952 bits per heavy atom. The third-order valence-corrected chi connectivity index (χ3v) is 3.04. The molecule has 0 radical (unpaired) electrons. The van der Waals surface area contributed by atoms with Gasteiger partial charge in [-0.05, 0) is 32.1 Å². The van der Waals surface area contributed by atoms with E-state index in [2.05, 4.69) is 12.1 Å². The van der Waals surface area contributed by atoms with E-state index in [9.17, 15) is 0 Å². The first kappa shape index (κ1) is 14.9. The van der Waals surface area contributed by atoms with Gasteiger partial charge in [-0.3, -0.25) is 4.84 Å². The Kier molecular flexibility index (Phi) is 5.16. The van der Waals surface area contributed by atoms with Crippen LogP contribution in [0.2, 0.25) is 0 Å². The van der Waals surface area contributed by atoms with Crippen LogP contribution in [-0.4, -0.2) is 13.0 Å². The van der Waals surface area contributed by atoms with Crippen LogP contribution < -0.4 is 5.16 Å². The Balaban J connectivity index is 2.28. The molecule has 2 rings (SSSR count). The average molecular weight is 282 g/mol. The topological polar surface area (TPSA) is 32.4 Å². The van der Waals surface area contributed by atoms with Crippen molar-refractivity contribution in [2.75, 3.05) is 7.11 Å². The van der Waals surface area contributed by atoms with E-state index in [1.165, 1.54) is 5.56 Å². The van der Waals surface area contributed by atoms with Gasteiger partial charge in [0.15, 0.2) is 0 Å². The van der Waals surface area contributed by atoms with Crippen molar-refractivity contribution in [1.82, 2.24) is 0 Å². The Morgan fingerprint density at radius 3 is 2.19 bits per heavy atom. The Morgan fingerprint density at radius 2 is 1.62 bits per heavy atom. The molecule has 3 nitrogen and oxygen atoms in total. The summed E-state index contributed by atoms with van der Waals surface area (Å²) in [5.74, 6) is 1.34. The summed E-state index contributed by atoms with van der Waals surface area (Å²) in [4.78, 5) is 5.03. The third kappa shape index (κ3) is 3.96. The number of benzene rings is 2. The van der Waals surface area contributed by atoms with Crippen LogP contribution in [0.15, 0.2) is 60.7 Å². The summed E-state index contributed by atoms with van der Waals surface area (Å²) in [6.07, 6.45) is 1.93. The summed E-state index contributed by atoms with van der Waals surface area (Å²) in [6.45, 7) is 4.00. The van der Waals surface area contributed by atoms with Crippen LogP contribution in [0, 0.1) is 6.92 Å². The fourth-order valence-electron chi connectivity index (χ4n) is 1.93. The van der Waals surface area contributed by atoms with Crippen LogP contribution in [0.4, 0.5) is 0 Å². The number of rotatable bonds is 4. The van der Waals surface area contributed by atoms with E-state index in [0.717, 1.165) is 16.9 Å². The van der Waals surface area contributed by atoms with E-state index in [0.29, 0.717) is 5.90 Å². The van der Waals surface area contributed by atoms with Crippen LogP contribution in [-0.2, 0) is 9.57 Å². The van der Waals surface area contributed by atoms with Crippen molar-refractivity contribution >= 4 is 11.7 Å². The lowest BCUT2D eigenvalue weighted by Crippen LogP contribution is -2.71. The predicted octanol–water partition coefficient (Wildman–Crippen LogP) is 2.46. The van der Waals surface area contributed by atoms with E-state index >= 15 is 0 Å². The summed E-state index contributed by atoms with van der Waals surface area (Å²) in [7, 11) is 1.56. The molecule has 3 heteroatoms. The predicted molar refractivity (Wildman–Crippen MR) is 84.4 cm³/mol. The van der Waals surface area contributed by atoms with E-state index < -0.39 is 0 Å². The van der Waals surface area contributed by atoms with Gasteiger partial charge >= 0.3 is 5.90 Å². The quantitative estimate of drug-likeness (QED) is 0.404. The van der Waals surface area contributed by atoms with E-state index in [1.807, 2.05) is 67.6 Å². The van der Waals surface area contributed by atoms with Crippen LogP contribution in [0.3, 0.4) is 0 Å². The monoisotopic (exact) mass is 282 g/mol. The first-order valence-electron chi connectivity index (χ1n) is 6.87. The number of hydrogen-bond acceptors (Lipinski definition) is 2. The highest BCUT2D eigenvalue weighted by molar-refractivity contribution is 5.93. The number of ether oxygens (including phenoxy) is 1.